The molecule has 1 radical (unpaired) electrons. The number of aromatic nitrogens is 1. The van der Waals surface area contributed by atoms with Crippen molar-refractivity contribution in [1.82, 2.24) is 0 Å². The first-order valence-corrected chi connectivity index (χ1v) is 2.06. The molecule has 3 heteroatoms. The zero-order chi connectivity index (χ0) is 5.98. The van der Waals surface area contributed by atoms with Crippen LogP contribution in [0.25, 0.3) is 0 Å². The van der Waals surface area contributed by atoms with Gasteiger partial charge in [0.15, 0.2) is 0 Å². The first kappa shape index (κ1) is 5.03. The molecule has 0 saturated heterocycles. The Kier molecular flexibility index (Phi) is 1.12. The molecule has 0 aliphatic carbocycles. The van der Waals surface area contributed by atoms with Crippen LogP contribution in [0.15, 0.2) is 18.2 Å². The van der Waals surface area contributed by atoms with Crippen molar-refractivity contribution in [1.29, 1.82) is 0 Å². The summed E-state index contributed by atoms with van der Waals surface area (Å²) in [7, 11) is 0. The predicted molar refractivity (Wildman–Crippen MR) is 24.2 cm³/mol. The van der Waals surface area contributed by atoms with Gasteiger partial charge in [0.05, 0.1) is 0 Å². The van der Waals surface area contributed by atoms with Crippen LogP contribution in [0.2, 0.25) is 0 Å². The Balaban J connectivity index is 3.13. The predicted octanol–water partition coefficient (Wildman–Crippen LogP) is 0.259. The van der Waals surface area contributed by atoms with Crippen LogP contribution in [-0.4, -0.2) is 0 Å². The average Bonchev–Trinajstić information content (AvgIpc) is 1.77. The Morgan fingerprint density at radius 1 is 1.75 bits per heavy atom. The summed E-state index contributed by atoms with van der Waals surface area (Å²) in [4.78, 5) is 0. The molecule has 0 aliphatic rings. The third kappa shape index (κ3) is 0.753. The normalized spacial score (nSPS) is 9.12. The quantitative estimate of drug-likeness (QED) is 0.268. The molecule has 0 N–H and O–H groups in total. The van der Waals surface area contributed by atoms with Gasteiger partial charge in [-0.05, 0) is 6.07 Å². The van der Waals surface area contributed by atoms with E-state index in [9.17, 15) is 9.60 Å². The number of halogens is 1. The molecule has 0 unspecified atom stereocenters. The molecule has 0 fully saturated rings. The van der Waals surface area contributed by atoms with E-state index in [-0.39, 0.29) is 4.73 Å². The largest absolute Gasteiger partial charge is 0.616 e. The lowest BCUT2D eigenvalue weighted by molar-refractivity contribution is -0.641. The standard InChI is InChI=1S/C5H3FNO/c6-5-3-1-2-4-7(5)8/h1-3H. The van der Waals surface area contributed by atoms with Crippen molar-refractivity contribution in [3.8, 4) is 0 Å². The van der Waals surface area contributed by atoms with Crippen LogP contribution in [0, 0.1) is 17.4 Å². The Morgan fingerprint density at radius 3 is 2.88 bits per heavy atom. The molecule has 0 amide bonds. The highest BCUT2D eigenvalue weighted by molar-refractivity contribution is 4.84. The fourth-order valence-electron chi connectivity index (χ4n) is 0.368. The van der Waals surface area contributed by atoms with Crippen LogP contribution >= 0.6 is 0 Å². The second kappa shape index (κ2) is 1.78. The lowest BCUT2D eigenvalue weighted by atomic mass is 10.5. The maximum absolute atomic E-state index is 11.9. The first-order valence-electron chi connectivity index (χ1n) is 2.06. The highest BCUT2D eigenvalue weighted by Crippen LogP contribution is 1.83. The molecule has 0 atom stereocenters. The topological polar surface area (TPSA) is 26.9 Å². The summed E-state index contributed by atoms with van der Waals surface area (Å²) in [5, 5.41) is 10.1. The van der Waals surface area contributed by atoms with Crippen molar-refractivity contribution >= 4 is 0 Å². The van der Waals surface area contributed by atoms with Crippen molar-refractivity contribution < 1.29 is 9.12 Å². The minimum atomic E-state index is -0.826. The number of rotatable bonds is 0. The number of pyridine rings is 1. The van der Waals surface area contributed by atoms with E-state index in [0.717, 1.165) is 6.07 Å². The summed E-state index contributed by atoms with van der Waals surface area (Å²) in [5.41, 5.74) is 0. The van der Waals surface area contributed by atoms with Gasteiger partial charge >= 0.3 is 5.95 Å². The van der Waals surface area contributed by atoms with E-state index in [1.807, 2.05) is 0 Å². The number of hydrogen-bond donors (Lipinski definition) is 0. The van der Waals surface area contributed by atoms with Gasteiger partial charge in [0.1, 0.15) is 0 Å². The molecule has 1 heterocycles. The van der Waals surface area contributed by atoms with Gasteiger partial charge in [-0.25, -0.2) is 0 Å². The molecular formula is C5H3FNO. The van der Waals surface area contributed by atoms with E-state index in [1.54, 1.807) is 0 Å². The zero-order valence-electron chi connectivity index (χ0n) is 3.97. The van der Waals surface area contributed by atoms with E-state index >= 15 is 0 Å². The molecule has 0 aromatic carbocycles. The summed E-state index contributed by atoms with van der Waals surface area (Å²) in [6.45, 7) is 0. The van der Waals surface area contributed by atoms with Crippen molar-refractivity contribution in [3.05, 3.63) is 35.6 Å². The SMILES string of the molecule is [O-][n+]1[c]cccc1F. The van der Waals surface area contributed by atoms with Gasteiger partial charge in [0.25, 0.3) is 6.20 Å². The fourth-order valence-corrected chi connectivity index (χ4v) is 0.368. The van der Waals surface area contributed by atoms with Gasteiger partial charge in [0, 0.05) is 12.1 Å². The molecule has 0 aliphatic heterocycles. The van der Waals surface area contributed by atoms with Gasteiger partial charge in [-0.2, -0.15) is 0 Å². The smallest absolute Gasteiger partial charge is 0.371 e. The van der Waals surface area contributed by atoms with E-state index in [2.05, 4.69) is 6.20 Å². The van der Waals surface area contributed by atoms with Gasteiger partial charge in [0.2, 0.25) is 0 Å². The Labute approximate surface area is 45.8 Å². The molecule has 2 nitrogen and oxygen atoms in total. The molecule has 0 bridgehead atoms. The molecular weight excluding hydrogens is 109 g/mol. The average molecular weight is 112 g/mol. The van der Waals surface area contributed by atoms with E-state index in [1.165, 1.54) is 12.1 Å². The fraction of sp³-hybridized carbons (Fsp3) is 0. The van der Waals surface area contributed by atoms with Crippen LogP contribution in [0.5, 0.6) is 0 Å². The Bertz CT molecular complexity index is 169. The summed E-state index contributed by atoms with van der Waals surface area (Å²) < 4.78 is 12.0. The summed E-state index contributed by atoms with van der Waals surface area (Å²) in [5.74, 6) is -0.826. The van der Waals surface area contributed by atoms with Gasteiger partial charge < -0.3 is 5.21 Å². The lowest BCUT2D eigenvalue weighted by Gasteiger charge is -1.90. The van der Waals surface area contributed by atoms with Gasteiger partial charge in [-0.1, -0.05) is 0 Å². The van der Waals surface area contributed by atoms with Crippen LogP contribution in [-0.2, 0) is 0 Å². The number of hydrogen-bond acceptors (Lipinski definition) is 1. The van der Waals surface area contributed by atoms with Crippen molar-refractivity contribution in [2.75, 3.05) is 0 Å². The van der Waals surface area contributed by atoms with E-state index in [4.69, 9.17) is 0 Å². The minimum absolute atomic E-state index is 0.0417. The second-order valence-electron chi connectivity index (χ2n) is 1.27. The first-order chi connectivity index (χ1) is 3.80. The number of nitrogens with zero attached hydrogens (tertiary/aromatic N) is 1. The van der Waals surface area contributed by atoms with Crippen molar-refractivity contribution in [2.24, 2.45) is 0 Å². The highest BCUT2D eigenvalue weighted by Gasteiger charge is 1.96. The van der Waals surface area contributed by atoms with Gasteiger partial charge in [-0.15, -0.1) is 9.12 Å². The molecule has 0 saturated carbocycles. The third-order valence-electron chi connectivity index (χ3n) is 0.716. The van der Waals surface area contributed by atoms with Crippen molar-refractivity contribution in [2.45, 2.75) is 0 Å². The molecule has 0 spiro atoms. The summed E-state index contributed by atoms with van der Waals surface area (Å²) in [6, 6.07) is 3.82. The summed E-state index contributed by atoms with van der Waals surface area (Å²) >= 11 is 0. The van der Waals surface area contributed by atoms with Crippen molar-refractivity contribution in [3.63, 3.8) is 0 Å². The summed E-state index contributed by atoms with van der Waals surface area (Å²) in [6.07, 6.45) is 2.09. The van der Waals surface area contributed by atoms with E-state index in [0.29, 0.717) is 0 Å². The van der Waals surface area contributed by atoms with Crippen LogP contribution in [0.3, 0.4) is 0 Å². The monoisotopic (exact) mass is 112 g/mol. The molecule has 1 aromatic rings. The Hall–Kier alpha value is -1.12. The van der Waals surface area contributed by atoms with Crippen LogP contribution < -0.4 is 4.73 Å². The molecule has 41 valence electrons. The van der Waals surface area contributed by atoms with Crippen LogP contribution in [0.1, 0.15) is 0 Å². The Morgan fingerprint density at radius 2 is 2.50 bits per heavy atom. The highest BCUT2D eigenvalue weighted by atomic mass is 19.1. The lowest BCUT2D eigenvalue weighted by Crippen LogP contribution is -2.30. The van der Waals surface area contributed by atoms with Crippen LogP contribution in [0.4, 0.5) is 4.39 Å². The maximum atomic E-state index is 11.9. The molecule has 1 rings (SSSR count). The zero-order valence-corrected chi connectivity index (χ0v) is 3.97. The third-order valence-corrected chi connectivity index (χ3v) is 0.716. The second-order valence-corrected chi connectivity index (χ2v) is 1.27. The van der Waals surface area contributed by atoms with E-state index < -0.39 is 5.95 Å². The minimum Gasteiger partial charge on any atom is -0.616 e. The maximum Gasteiger partial charge on any atom is 0.371 e. The molecule has 1 aromatic heterocycles. The molecule has 8 heavy (non-hydrogen) atoms. The van der Waals surface area contributed by atoms with Gasteiger partial charge in [-0.3, -0.25) is 0 Å².